The van der Waals surface area contributed by atoms with Gasteiger partial charge in [-0.15, -0.1) is 11.8 Å². The molecule has 2 saturated heterocycles. The second-order valence-electron chi connectivity index (χ2n) is 16.1. The van der Waals surface area contributed by atoms with Crippen molar-refractivity contribution in [3.05, 3.63) is 63.9 Å². The molecule has 18 heteroatoms. The third-order valence-corrected chi connectivity index (χ3v) is 13.7. The van der Waals surface area contributed by atoms with Gasteiger partial charge in [0, 0.05) is 74.7 Å². The summed E-state index contributed by atoms with van der Waals surface area (Å²) in [5.41, 5.74) is -2.76. The maximum absolute atomic E-state index is 13.9. The first-order valence-electron chi connectivity index (χ1n) is 20.2. The van der Waals surface area contributed by atoms with Crippen molar-refractivity contribution in [2.45, 2.75) is 99.8 Å². The lowest BCUT2D eigenvalue weighted by Gasteiger charge is -2.42. The quantitative estimate of drug-likeness (QED) is 0.107. The lowest BCUT2D eigenvalue weighted by atomic mass is 9.73. The van der Waals surface area contributed by atoms with E-state index in [4.69, 9.17) is 19.3 Å². The van der Waals surface area contributed by atoms with Gasteiger partial charge in [0.25, 0.3) is 0 Å². The van der Waals surface area contributed by atoms with Gasteiger partial charge in [-0.2, -0.15) is 0 Å². The van der Waals surface area contributed by atoms with Crippen LogP contribution in [0.3, 0.4) is 0 Å². The van der Waals surface area contributed by atoms with Crippen LogP contribution in [0.1, 0.15) is 101 Å². The first kappa shape index (κ1) is 45.7. The molecule has 0 spiro atoms. The molecule has 3 aliphatic carbocycles. The van der Waals surface area contributed by atoms with E-state index >= 15 is 0 Å². The second-order valence-corrected chi connectivity index (χ2v) is 17.3. The van der Waals surface area contributed by atoms with Gasteiger partial charge in [0.2, 0.25) is 23.5 Å². The van der Waals surface area contributed by atoms with Crippen LogP contribution in [-0.2, 0) is 35.1 Å². The Bertz CT molecular complexity index is 2100. The minimum absolute atomic E-state index is 0.0300. The summed E-state index contributed by atoms with van der Waals surface area (Å²) >= 11 is 1.39. The van der Waals surface area contributed by atoms with Crippen molar-refractivity contribution in [1.82, 2.24) is 15.5 Å². The number of aliphatic hydroxyl groups excluding tert-OH is 2. The molecule has 2 aromatic carbocycles. The number of aldehydes is 1. The van der Waals surface area contributed by atoms with Crippen LogP contribution in [-0.4, -0.2) is 135 Å². The van der Waals surface area contributed by atoms with Gasteiger partial charge in [-0.25, -0.2) is 0 Å². The standard InChI is InChI=1S/C42H49N3O13S.CH4O/c1-19-28(59-17-29(47)43-3)13-30(48)45(19)16-21-8-10-22(11-9-21)41(54)44-25-12-31(57-20(2)36(25)49)58-27-15-42(55,18-46)14-24-33(27)40(53)35-34(38(24)51)37(50)23-6-5-7-26(56-4)32(23)39(35)52;1-2/h5-7,18,20-22,25,27-28,31,36,49,51,53,55H,1,8-17H2,2-4H3,(H,43,47)(H,44,54);2H,1H3/t20?,21?,22?,25?,27-,28?,31?,36?,42-;/m0./s1. The number of rotatable bonds is 11. The molecule has 7 rings (SSSR count). The largest absolute Gasteiger partial charge is 0.507 e. The van der Waals surface area contributed by atoms with Gasteiger partial charge in [0.05, 0.1) is 53.1 Å². The first-order chi connectivity index (χ1) is 29.1. The van der Waals surface area contributed by atoms with E-state index in [1.54, 1.807) is 18.9 Å². The summed E-state index contributed by atoms with van der Waals surface area (Å²) in [6, 6.07) is 3.55. The Kier molecular flexibility index (Phi) is 14.0. The topological polar surface area (TPSA) is 259 Å². The zero-order valence-electron chi connectivity index (χ0n) is 34.5. The molecule has 3 fully saturated rings. The van der Waals surface area contributed by atoms with Gasteiger partial charge in [-0.3, -0.25) is 24.0 Å². The molecule has 330 valence electrons. The van der Waals surface area contributed by atoms with E-state index < -0.39 is 83.3 Å². The molecule has 2 aromatic rings. The number of benzene rings is 2. The lowest BCUT2D eigenvalue weighted by Crippen LogP contribution is -2.56. The Hall–Kier alpha value is -4.85. The molecule has 0 aromatic heterocycles. The van der Waals surface area contributed by atoms with Crippen molar-refractivity contribution in [3.8, 4) is 17.2 Å². The molecule has 7 N–H and O–H groups in total. The predicted molar refractivity (Wildman–Crippen MR) is 219 cm³/mol. The number of ketones is 2. The zero-order chi connectivity index (χ0) is 44.5. The summed E-state index contributed by atoms with van der Waals surface area (Å²) in [7, 11) is 3.89. The van der Waals surface area contributed by atoms with Gasteiger partial charge >= 0.3 is 0 Å². The Balaban J connectivity index is 0.00000307. The average Bonchev–Trinajstić information content (AvgIpc) is 3.52. The van der Waals surface area contributed by atoms with Crippen LogP contribution in [0.5, 0.6) is 17.2 Å². The number of fused-ring (bicyclic) bond motifs is 3. The molecule has 2 aliphatic heterocycles. The van der Waals surface area contributed by atoms with Gasteiger partial charge in [-0.05, 0) is 44.6 Å². The molecule has 0 radical (unpaired) electrons. The number of methoxy groups -OCH3 is 1. The van der Waals surface area contributed by atoms with Crippen LogP contribution in [0.25, 0.3) is 0 Å². The number of ether oxygens (including phenoxy) is 3. The number of phenolic OH excluding ortho intramolecular Hbond substituents is 2. The van der Waals surface area contributed by atoms with Crippen molar-refractivity contribution >= 4 is 47.3 Å². The number of phenols is 2. The van der Waals surface area contributed by atoms with E-state index in [0.29, 0.717) is 37.9 Å². The fourth-order valence-electron chi connectivity index (χ4n) is 9.13. The zero-order valence-corrected chi connectivity index (χ0v) is 35.3. The summed E-state index contributed by atoms with van der Waals surface area (Å²) in [4.78, 5) is 79.8. The van der Waals surface area contributed by atoms with Crippen molar-refractivity contribution in [2.24, 2.45) is 11.8 Å². The number of amides is 3. The minimum atomic E-state index is -2.10. The normalized spacial score (nSPS) is 29.4. The molecule has 3 amide bonds. The molecule has 5 unspecified atom stereocenters. The highest BCUT2D eigenvalue weighted by Gasteiger charge is 2.48. The average molecular weight is 868 g/mol. The summed E-state index contributed by atoms with van der Waals surface area (Å²) in [6.07, 6.45) is -2.42. The van der Waals surface area contributed by atoms with E-state index in [9.17, 15) is 49.2 Å². The number of likely N-dealkylation sites (tertiary alicyclic amines) is 1. The molecule has 61 heavy (non-hydrogen) atoms. The van der Waals surface area contributed by atoms with E-state index in [2.05, 4.69) is 17.2 Å². The van der Waals surface area contributed by atoms with Crippen LogP contribution >= 0.6 is 11.8 Å². The maximum Gasteiger partial charge on any atom is 0.229 e. The number of carbonyl (C=O) groups excluding carboxylic acids is 6. The Labute approximate surface area is 356 Å². The van der Waals surface area contributed by atoms with Crippen molar-refractivity contribution in [2.75, 3.05) is 33.6 Å². The van der Waals surface area contributed by atoms with Gasteiger partial charge in [0.1, 0.15) is 29.0 Å². The number of hydrogen-bond acceptors (Lipinski definition) is 15. The molecule has 17 nitrogen and oxygen atoms in total. The SMILES string of the molecule is C=C1C(SCC(=O)NC)CC(=O)N1CC1CCC(C(=O)NC2CC(O[C@H]3C[C@](O)(C=O)Cc4c(O)c5c(c(O)c43)C(=O)c3c(OC)cccc3C5=O)OC(C)C2O)CC1.CO. The van der Waals surface area contributed by atoms with Crippen LogP contribution in [0.15, 0.2) is 30.5 Å². The Morgan fingerprint density at radius 2 is 1.75 bits per heavy atom. The number of aromatic hydroxyl groups is 2. The van der Waals surface area contributed by atoms with E-state index in [1.165, 1.54) is 37.1 Å². The highest BCUT2D eigenvalue weighted by Crippen LogP contribution is 2.52. The Morgan fingerprint density at radius 3 is 2.41 bits per heavy atom. The van der Waals surface area contributed by atoms with Crippen LogP contribution in [0, 0.1) is 11.8 Å². The van der Waals surface area contributed by atoms with Crippen molar-refractivity contribution in [1.29, 1.82) is 0 Å². The Morgan fingerprint density at radius 1 is 1.07 bits per heavy atom. The summed E-state index contributed by atoms with van der Waals surface area (Å²) in [5, 5.41) is 58.1. The van der Waals surface area contributed by atoms with Gasteiger partial charge < -0.3 is 60.1 Å². The highest BCUT2D eigenvalue weighted by molar-refractivity contribution is 8.00. The number of aliphatic hydroxyl groups is 3. The number of hydrogen-bond donors (Lipinski definition) is 7. The van der Waals surface area contributed by atoms with Gasteiger partial charge in [0.15, 0.2) is 18.4 Å². The molecular formula is C43H53N3O14S. The fourth-order valence-corrected chi connectivity index (χ4v) is 10.2. The summed E-state index contributed by atoms with van der Waals surface area (Å²) < 4.78 is 17.6. The first-order valence-corrected chi connectivity index (χ1v) is 21.3. The number of nitrogens with one attached hydrogen (secondary N) is 2. The molecule has 5 aliphatic rings. The minimum Gasteiger partial charge on any atom is -0.507 e. The van der Waals surface area contributed by atoms with Crippen molar-refractivity contribution < 1.29 is 68.5 Å². The van der Waals surface area contributed by atoms with E-state index in [1.807, 2.05) is 0 Å². The molecule has 7 atom stereocenters. The van der Waals surface area contributed by atoms with E-state index in [0.717, 1.165) is 7.11 Å². The van der Waals surface area contributed by atoms with Crippen LogP contribution in [0.4, 0.5) is 0 Å². The van der Waals surface area contributed by atoms with Crippen LogP contribution < -0.4 is 15.4 Å². The highest BCUT2D eigenvalue weighted by atomic mass is 32.2. The monoisotopic (exact) mass is 867 g/mol. The molecule has 2 heterocycles. The van der Waals surface area contributed by atoms with E-state index in [-0.39, 0.29) is 87.7 Å². The molecule has 0 bridgehead atoms. The lowest BCUT2D eigenvalue weighted by molar-refractivity contribution is -0.249. The fraction of sp³-hybridized carbons (Fsp3) is 0.535. The molecule has 1 saturated carbocycles. The third-order valence-electron chi connectivity index (χ3n) is 12.4. The molecular weight excluding hydrogens is 815 g/mol. The number of nitrogens with zero attached hydrogens (tertiary/aromatic N) is 1. The number of carbonyl (C=O) groups is 6. The van der Waals surface area contributed by atoms with Gasteiger partial charge in [-0.1, -0.05) is 18.7 Å². The number of thioether (sulfide) groups is 1. The second kappa shape index (κ2) is 18.6. The predicted octanol–water partition coefficient (Wildman–Crippen LogP) is 1.81. The summed E-state index contributed by atoms with van der Waals surface area (Å²) in [5.74, 6) is -3.18. The third kappa shape index (κ3) is 8.79. The van der Waals surface area contributed by atoms with Crippen LogP contribution in [0.2, 0.25) is 0 Å². The van der Waals surface area contributed by atoms with Crippen molar-refractivity contribution in [3.63, 3.8) is 0 Å². The maximum atomic E-state index is 13.9. The smallest absolute Gasteiger partial charge is 0.229 e. The summed E-state index contributed by atoms with van der Waals surface area (Å²) in [6.45, 7) is 6.21.